The number of unbranched alkanes of at least 4 members (excludes halogenated alkanes) is 11. The maximum Gasteiger partial charge on any atom is 0.417 e. The summed E-state index contributed by atoms with van der Waals surface area (Å²) in [6.07, 6.45) is 18.9. The van der Waals surface area contributed by atoms with E-state index in [1.54, 1.807) is 24.3 Å². The van der Waals surface area contributed by atoms with Gasteiger partial charge in [-0.3, -0.25) is 4.79 Å². The van der Waals surface area contributed by atoms with Crippen molar-refractivity contribution >= 4 is 12.0 Å². The molecule has 2 aromatic carbocycles. The van der Waals surface area contributed by atoms with Gasteiger partial charge in [0.1, 0.15) is 24.7 Å². The number of carbonyl (C=O) groups is 2. The molecule has 276 valence electrons. The molecule has 1 aromatic heterocycles. The molecule has 0 N–H and O–H groups in total. The first-order chi connectivity index (χ1) is 23.7. The molecule has 0 fully saturated rings. The van der Waals surface area contributed by atoms with Crippen LogP contribution in [0, 0.1) is 0 Å². The maximum absolute atomic E-state index is 13.8. The van der Waals surface area contributed by atoms with Crippen LogP contribution in [0.5, 0.6) is 11.5 Å². The summed E-state index contributed by atoms with van der Waals surface area (Å²) in [4.78, 5) is 28.5. The fraction of sp³-hybridized carbons (Fsp3) is 0.548. The normalized spacial score (nSPS) is 11.1. The Morgan fingerprint density at radius 2 is 1.40 bits per heavy atom. The number of hydrogen-bond donors (Lipinski definition) is 0. The van der Waals surface area contributed by atoms with Crippen molar-refractivity contribution in [2.75, 3.05) is 13.7 Å². The molecule has 50 heavy (non-hydrogen) atoms. The highest BCUT2D eigenvalue weighted by Gasteiger charge is 2.28. The van der Waals surface area contributed by atoms with Crippen molar-refractivity contribution in [2.24, 2.45) is 0 Å². The van der Waals surface area contributed by atoms with Crippen molar-refractivity contribution in [3.05, 3.63) is 89.2 Å². The summed E-state index contributed by atoms with van der Waals surface area (Å²) in [5.74, 6) is 0.786. The number of methoxy groups -OCH3 is 1. The van der Waals surface area contributed by atoms with Crippen LogP contribution in [0.25, 0.3) is 0 Å². The van der Waals surface area contributed by atoms with E-state index in [4.69, 9.17) is 14.2 Å². The number of halogens is 1. The lowest BCUT2D eigenvalue weighted by Gasteiger charge is -2.24. The first kappa shape index (κ1) is 43.0. The van der Waals surface area contributed by atoms with Gasteiger partial charge in [-0.1, -0.05) is 117 Å². The molecule has 2 amide bonds. The van der Waals surface area contributed by atoms with Gasteiger partial charge in [-0.05, 0) is 60.2 Å². The summed E-state index contributed by atoms with van der Waals surface area (Å²) in [6.45, 7) is 12.3. The standard InChI is InChI=1S/C42H61N2O5.HI/c1-7-9-10-11-12-13-14-15-16-17-18-21-29-48-39-27-26-34(30-37(39)42(3,4)5)33-49-41(46)44(32-35-23-22-28-43(8-2)31-35)40(45)36-24-19-20-25-38(36)47-6;/h19-20,22-28,30-31H,7-18,21,29,32-33H2,1-6H3;1H/q+1;/p-1. The summed E-state index contributed by atoms with van der Waals surface area (Å²) in [7, 11) is 1.51. The molecule has 0 unspecified atom stereocenters. The lowest BCUT2D eigenvalue weighted by molar-refractivity contribution is -0.694. The van der Waals surface area contributed by atoms with Crippen LogP contribution in [-0.4, -0.2) is 30.6 Å². The molecule has 0 radical (unpaired) electrons. The van der Waals surface area contributed by atoms with Crippen LogP contribution in [0.4, 0.5) is 4.79 Å². The third-order valence-electron chi connectivity index (χ3n) is 8.90. The Morgan fingerprint density at radius 3 is 2.02 bits per heavy atom. The first-order valence-corrected chi connectivity index (χ1v) is 18.5. The van der Waals surface area contributed by atoms with E-state index >= 15 is 0 Å². The van der Waals surface area contributed by atoms with Crippen LogP contribution in [0.1, 0.15) is 139 Å². The van der Waals surface area contributed by atoms with Crippen LogP contribution in [0.2, 0.25) is 0 Å². The summed E-state index contributed by atoms with van der Waals surface area (Å²) in [5.41, 5.74) is 2.85. The highest BCUT2D eigenvalue weighted by Crippen LogP contribution is 2.33. The average molecular weight is 801 g/mol. The molecule has 0 atom stereocenters. The number of benzene rings is 2. The molecule has 0 saturated heterocycles. The monoisotopic (exact) mass is 800 g/mol. The molecule has 8 heteroatoms. The summed E-state index contributed by atoms with van der Waals surface area (Å²) in [5, 5.41) is 0. The van der Waals surface area contributed by atoms with Crippen molar-refractivity contribution in [1.82, 2.24) is 4.90 Å². The first-order valence-electron chi connectivity index (χ1n) is 18.5. The van der Waals surface area contributed by atoms with Gasteiger partial charge >= 0.3 is 6.09 Å². The van der Waals surface area contributed by atoms with Gasteiger partial charge in [0, 0.05) is 11.6 Å². The second kappa shape index (κ2) is 23.4. The maximum atomic E-state index is 13.8. The van der Waals surface area contributed by atoms with Crippen molar-refractivity contribution < 1.29 is 52.3 Å². The Bertz CT molecular complexity index is 1440. The van der Waals surface area contributed by atoms with Crippen LogP contribution in [0.3, 0.4) is 0 Å². The van der Waals surface area contributed by atoms with E-state index in [0.29, 0.717) is 17.9 Å². The molecule has 0 saturated carbocycles. The summed E-state index contributed by atoms with van der Waals surface area (Å²) < 4.78 is 19.5. The van der Waals surface area contributed by atoms with Gasteiger partial charge in [0.2, 0.25) is 0 Å². The van der Waals surface area contributed by atoms with E-state index in [2.05, 4.69) is 33.8 Å². The van der Waals surface area contributed by atoms with Gasteiger partial charge in [0.15, 0.2) is 12.4 Å². The zero-order valence-corrected chi connectivity index (χ0v) is 33.6. The number of nitrogens with zero attached hydrogens (tertiary/aromatic N) is 2. The SMILES string of the molecule is CCCCCCCCCCCCCCOc1ccc(COC(=O)N(Cc2ccc[n+](CC)c2)C(=O)c2ccccc2OC)cc1C(C)(C)C.[I-]. The minimum absolute atomic E-state index is 0. The van der Waals surface area contributed by atoms with Crippen LogP contribution < -0.4 is 38.0 Å². The quantitative estimate of drug-likeness (QED) is 0.0641. The predicted octanol–water partition coefficient (Wildman–Crippen LogP) is 7.36. The van der Waals surface area contributed by atoms with E-state index in [9.17, 15) is 9.59 Å². The summed E-state index contributed by atoms with van der Waals surface area (Å²) >= 11 is 0. The number of carbonyl (C=O) groups excluding carboxylic acids is 2. The molecular formula is C42H61IN2O5. The van der Waals surface area contributed by atoms with Crippen molar-refractivity contribution in [1.29, 1.82) is 0 Å². The van der Waals surface area contributed by atoms with E-state index in [0.717, 1.165) is 40.3 Å². The zero-order valence-electron chi connectivity index (χ0n) is 31.5. The van der Waals surface area contributed by atoms with Gasteiger partial charge in [-0.15, -0.1) is 0 Å². The van der Waals surface area contributed by atoms with E-state index < -0.39 is 12.0 Å². The Balaban J connectivity index is 0.00000867. The lowest BCUT2D eigenvalue weighted by Crippen LogP contribution is -3.00. The number of rotatable bonds is 21. The third-order valence-corrected chi connectivity index (χ3v) is 8.90. The lowest BCUT2D eigenvalue weighted by atomic mass is 9.85. The van der Waals surface area contributed by atoms with Gasteiger partial charge in [-0.2, -0.15) is 0 Å². The second-order valence-corrected chi connectivity index (χ2v) is 14.0. The van der Waals surface area contributed by atoms with Crippen LogP contribution >= 0.6 is 0 Å². The number of aromatic nitrogens is 1. The molecule has 7 nitrogen and oxygen atoms in total. The Morgan fingerprint density at radius 1 is 0.760 bits per heavy atom. The minimum atomic E-state index is -0.715. The average Bonchev–Trinajstić information content (AvgIpc) is 3.11. The number of pyridine rings is 1. The largest absolute Gasteiger partial charge is 1.00 e. The second-order valence-electron chi connectivity index (χ2n) is 14.0. The number of para-hydroxylation sites is 1. The fourth-order valence-corrected chi connectivity index (χ4v) is 5.96. The smallest absolute Gasteiger partial charge is 0.417 e. The van der Waals surface area contributed by atoms with Gasteiger partial charge < -0.3 is 38.2 Å². The van der Waals surface area contributed by atoms with Crippen molar-refractivity contribution in [2.45, 2.75) is 137 Å². The Kier molecular flexibility index (Phi) is 20.1. The van der Waals surface area contributed by atoms with Crippen molar-refractivity contribution in [3.8, 4) is 11.5 Å². The van der Waals surface area contributed by atoms with Gasteiger partial charge in [-0.25, -0.2) is 14.3 Å². The highest BCUT2D eigenvalue weighted by atomic mass is 127. The number of amides is 2. The highest BCUT2D eigenvalue weighted by molar-refractivity contribution is 6.04. The number of aryl methyl sites for hydroxylation is 1. The zero-order chi connectivity index (χ0) is 35.5. The fourth-order valence-electron chi connectivity index (χ4n) is 5.96. The number of ether oxygens (including phenoxy) is 3. The molecule has 3 rings (SSSR count). The summed E-state index contributed by atoms with van der Waals surface area (Å²) in [6, 6.07) is 16.7. The van der Waals surface area contributed by atoms with Crippen molar-refractivity contribution in [3.63, 3.8) is 0 Å². The van der Waals surface area contributed by atoms with E-state index in [1.807, 2.05) is 48.1 Å². The molecule has 0 aliphatic rings. The molecule has 3 aromatic rings. The molecule has 0 spiro atoms. The predicted molar refractivity (Wildman–Crippen MR) is 197 cm³/mol. The topological polar surface area (TPSA) is 69.0 Å². The molecule has 0 aliphatic carbocycles. The van der Waals surface area contributed by atoms with Crippen LogP contribution in [-0.2, 0) is 29.8 Å². The molecule has 0 aliphatic heterocycles. The molecule has 1 heterocycles. The van der Waals surface area contributed by atoms with Gasteiger partial charge in [0.05, 0.1) is 25.8 Å². The molecular weight excluding hydrogens is 739 g/mol. The number of imide groups is 1. The molecule has 0 bridgehead atoms. The van der Waals surface area contributed by atoms with Gasteiger partial charge in [0.25, 0.3) is 5.91 Å². The number of hydrogen-bond acceptors (Lipinski definition) is 5. The minimum Gasteiger partial charge on any atom is -1.00 e. The van der Waals surface area contributed by atoms with E-state index in [-0.39, 0.29) is 42.5 Å². The third kappa shape index (κ3) is 14.6. The Labute approximate surface area is 319 Å². The van der Waals surface area contributed by atoms with Crippen LogP contribution in [0.15, 0.2) is 67.0 Å². The van der Waals surface area contributed by atoms with E-state index in [1.165, 1.54) is 77.7 Å². The Hall–Kier alpha value is -3.14.